The summed E-state index contributed by atoms with van der Waals surface area (Å²) in [5.74, 6) is -0.939. The zero-order chi connectivity index (χ0) is 52.9. The van der Waals surface area contributed by atoms with Gasteiger partial charge in [-0.1, -0.05) is 239 Å². The maximum Gasteiger partial charge on any atom is 0.306 e. The summed E-state index contributed by atoms with van der Waals surface area (Å²) in [4.78, 5) is 38.2. The van der Waals surface area contributed by atoms with Crippen molar-refractivity contribution < 1.29 is 28.6 Å². The fourth-order valence-electron chi connectivity index (χ4n) is 8.18. The summed E-state index contributed by atoms with van der Waals surface area (Å²) in [6.07, 6.45) is 82.3. The third-order valence-electron chi connectivity index (χ3n) is 12.7. The lowest BCUT2D eigenvalue weighted by atomic mass is 10.1. The van der Waals surface area contributed by atoms with Crippen LogP contribution in [0, 0.1) is 0 Å². The summed E-state index contributed by atoms with van der Waals surface area (Å²) < 4.78 is 16.8. The topological polar surface area (TPSA) is 78.9 Å². The molecule has 73 heavy (non-hydrogen) atoms. The van der Waals surface area contributed by atoms with E-state index in [2.05, 4.69) is 130 Å². The van der Waals surface area contributed by atoms with Crippen LogP contribution in [0.3, 0.4) is 0 Å². The van der Waals surface area contributed by atoms with E-state index in [0.29, 0.717) is 19.3 Å². The molecule has 1 unspecified atom stereocenters. The molecule has 6 heteroatoms. The molecule has 0 aromatic carbocycles. The lowest BCUT2D eigenvalue weighted by Gasteiger charge is -2.18. The van der Waals surface area contributed by atoms with Gasteiger partial charge in [-0.2, -0.15) is 0 Å². The average Bonchev–Trinajstić information content (AvgIpc) is 3.39. The van der Waals surface area contributed by atoms with Gasteiger partial charge in [0.25, 0.3) is 0 Å². The molecule has 0 saturated carbocycles. The number of allylic oxidation sites excluding steroid dienone is 18. The van der Waals surface area contributed by atoms with Gasteiger partial charge in [-0.05, 0) is 128 Å². The third-order valence-corrected chi connectivity index (χ3v) is 12.7. The van der Waals surface area contributed by atoms with Crippen LogP contribution in [0.15, 0.2) is 109 Å². The highest BCUT2D eigenvalue weighted by molar-refractivity contribution is 5.71. The molecule has 0 radical (unpaired) electrons. The lowest BCUT2D eigenvalue weighted by Crippen LogP contribution is -2.30. The molecule has 0 saturated heterocycles. The minimum atomic E-state index is -0.800. The van der Waals surface area contributed by atoms with Crippen LogP contribution in [0.1, 0.15) is 278 Å². The first-order valence-corrected chi connectivity index (χ1v) is 30.4. The molecule has 0 amide bonds. The zero-order valence-corrected chi connectivity index (χ0v) is 47.6. The Kier molecular flexibility index (Phi) is 57.4. The molecule has 0 bridgehead atoms. The number of hydrogen-bond donors (Lipinski definition) is 0. The summed E-state index contributed by atoms with van der Waals surface area (Å²) in [6, 6.07) is 0. The van der Waals surface area contributed by atoms with Gasteiger partial charge in [0.15, 0.2) is 6.10 Å². The Morgan fingerprint density at radius 3 is 0.890 bits per heavy atom. The highest BCUT2D eigenvalue weighted by Gasteiger charge is 2.19. The maximum atomic E-state index is 12.9. The van der Waals surface area contributed by atoms with Crippen LogP contribution in [0.2, 0.25) is 0 Å². The number of carbonyl (C=O) groups excluding carboxylic acids is 3. The number of esters is 3. The van der Waals surface area contributed by atoms with Crippen LogP contribution in [0.25, 0.3) is 0 Å². The second kappa shape index (κ2) is 60.6. The van der Waals surface area contributed by atoms with Gasteiger partial charge in [0.1, 0.15) is 13.2 Å². The van der Waals surface area contributed by atoms with Crippen molar-refractivity contribution in [2.24, 2.45) is 0 Å². The van der Waals surface area contributed by atoms with Crippen LogP contribution in [0.5, 0.6) is 0 Å². The first-order valence-electron chi connectivity index (χ1n) is 30.4. The summed E-state index contributed by atoms with van der Waals surface area (Å²) in [6.45, 7) is 6.47. The Morgan fingerprint density at radius 2 is 0.534 bits per heavy atom. The lowest BCUT2D eigenvalue weighted by molar-refractivity contribution is -0.167. The SMILES string of the molecule is CC/C=C\C/C=C\C/C=C\C/C=C\C/C=C\C/C=C\C/C=C\CCCCCC(=O)OCC(COC(=O)CCCCCCC/C=C\CCCCC)OC(=O)CCCCCCCCC/C=C\CCCCCCCCC. The standard InChI is InChI=1S/C67H112O6/c1-4-7-10-13-16-19-22-25-27-29-31-32-33-34-35-36-37-39-40-42-45-48-51-54-57-60-66(69)72-63-64(62-71-65(68)59-56-53-50-47-44-24-21-18-15-12-9-6-3)73-67(70)61-58-55-52-49-46-43-41-38-30-28-26-23-20-17-14-11-8-5-2/h7,10,16,18-19,21,25,27-28,30-32,34-35,37,39,42,45,64H,4-6,8-9,11-15,17,20,22-24,26,29,33,36,38,40-41,43-44,46-63H2,1-3H3/b10-7-,19-16-,21-18-,27-25-,30-28-,32-31-,35-34-,39-37-,45-42-. The average molecular weight is 1010 g/mol. The van der Waals surface area contributed by atoms with Gasteiger partial charge in [0.05, 0.1) is 0 Å². The summed E-state index contributed by atoms with van der Waals surface area (Å²) in [7, 11) is 0. The molecule has 0 rings (SSSR count). The van der Waals surface area contributed by atoms with Crippen molar-refractivity contribution in [3.8, 4) is 0 Å². The molecule has 0 aliphatic rings. The van der Waals surface area contributed by atoms with E-state index < -0.39 is 6.10 Å². The fourth-order valence-corrected chi connectivity index (χ4v) is 8.18. The van der Waals surface area contributed by atoms with Gasteiger partial charge < -0.3 is 14.2 Å². The number of carbonyl (C=O) groups is 3. The number of ether oxygens (including phenoxy) is 3. The Hall–Kier alpha value is -3.93. The Bertz CT molecular complexity index is 1490. The molecule has 0 heterocycles. The highest BCUT2D eigenvalue weighted by atomic mass is 16.6. The second-order valence-electron chi connectivity index (χ2n) is 19.9. The van der Waals surface area contributed by atoms with Crippen LogP contribution in [0.4, 0.5) is 0 Å². The van der Waals surface area contributed by atoms with E-state index in [1.54, 1.807) is 0 Å². The van der Waals surface area contributed by atoms with Gasteiger partial charge in [-0.15, -0.1) is 0 Å². The first kappa shape index (κ1) is 69.1. The van der Waals surface area contributed by atoms with Gasteiger partial charge in [0.2, 0.25) is 0 Å². The van der Waals surface area contributed by atoms with E-state index in [-0.39, 0.29) is 31.1 Å². The molecule has 0 aliphatic heterocycles. The monoisotopic (exact) mass is 1010 g/mol. The van der Waals surface area contributed by atoms with Crippen molar-refractivity contribution in [1.82, 2.24) is 0 Å². The largest absolute Gasteiger partial charge is 0.462 e. The number of rotatable bonds is 54. The number of unbranched alkanes of at least 4 members (excludes halogenated alkanes) is 25. The molecule has 416 valence electrons. The maximum absolute atomic E-state index is 12.9. The Morgan fingerprint density at radius 1 is 0.288 bits per heavy atom. The quantitative estimate of drug-likeness (QED) is 0.0261. The van der Waals surface area contributed by atoms with Crippen molar-refractivity contribution in [2.75, 3.05) is 13.2 Å². The molecule has 0 N–H and O–H groups in total. The molecule has 0 aliphatic carbocycles. The van der Waals surface area contributed by atoms with Gasteiger partial charge in [-0.25, -0.2) is 0 Å². The Balaban J connectivity index is 4.42. The smallest absolute Gasteiger partial charge is 0.306 e. The molecule has 0 fully saturated rings. The van der Waals surface area contributed by atoms with E-state index in [1.165, 1.54) is 116 Å². The Labute approximate surface area is 450 Å². The molecule has 0 aromatic rings. The highest BCUT2D eigenvalue weighted by Crippen LogP contribution is 2.14. The fraction of sp³-hybridized carbons (Fsp3) is 0.687. The summed E-state index contributed by atoms with van der Waals surface area (Å²) in [5, 5.41) is 0. The normalized spacial score (nSPS) is 12.9. The molecular formula is C67H112O6. The molecule has 0 spiro atoms. The van der Waals surface area contributed by atoms with E-state index in [0.717, 1.165) is 122 Å². The van der Waals surface area contributed by atoms with Crippen LogP contribution < -0.4 is 0 Å². The predicted octanol–water partition coefficient (Wildman–Crippen LogP) is 20.7. The summed E-state index contributed by atoms with van der Waals surface area (Å²) >= 11 is 0. The molecular weight excluding hydrogens is 901 g/mol. The van der Waals surface area contributed by atoms with Crippen LogP contribution in [-0.2, 0) is 28.6 Å². The van der Waals surface area contributed by atoms with Crippen LogP contribution >= 0.6 is 0 Å². The minimum Gasteiger partial charge on any atom is -0.462 e. The van der Waals surface area contributed by atoms with Crippen molar-refractivity contribution in [3.63, 3.8) is 0 Å². The van der Waals surface area contributed by atoms with Crippen molar-refractivity contribution >= 4 is 17.9 Å². The first-order chi connectivity index (χ1) is 36.0. The zero-order valence-electron chi connectivity index (χ0n) is 47.6. The van der Waals surface area contributed by atoms with Crippen molar-refractivity contribution in [2.45, 2.75) is 284 Å². The van der Waals surface area contributed by atoms with E-state index in [9.17, 15) is 14.4 Å². The van der Waals surface area contributed by atoms with Crippen molar-refractivity contribution in [3.05, 3.63) is 109 Å². The van der Waals surface area contributed by atoms with Gasteiger partial charge in [0, 0.05) is 19.3 Å². The minimum absolute atomic E-state index is 0.0956. The van der Waals surface area contributed by atoms with Crippen LogP contribution in [-0.4, -0.2) is 37.2 Å². The summed E-state index contributed by atoms with van der Waals surface area (Å²) in [5.41, 5.74) is 0. The van der Waals surface area contributed by atoms with Gasteiger partial charge >= 0.3 is 17.9 Å². The number of hydrogen-bond acceptors (Lipinski definition) is 6. The van der Waals surface area contributed by atoms with Gasteiger partial charge in [-0.3, -0.25) is 14.4 Å². The third kappa shape index (κ3) is 58.8. The molecule has 1 atom stereocenters. The second-order valence-corrected chi connectivity index (χ2v) is 19.9. The molecule has 0 aromatic heterocycles. The van der Waals surface area contributed by atoms with E-state index >= 15 is 0 Å². The van der Waals surface area contributed by atoms with E-state index in [4.69, 9.17) is 14.2 Å². The van der Waals surface area contributed by atoms with Crippen molar-refractivity contribution in [1.29, 1.82) is 0 Å². The predicted molar refractivity (Wildman–Crippen MR) is 316 cm³/mol. The molecule has 6 nitrogen and oxygen atoms in total. The van der Waals surface area contributed by atoms with E-state index in [1.807, 2.05) is 0 Å².